The van der Waals surface area contributed by atoms with Crippen LogP contribution in [0.25, 0.3) is 6.08 Å². The molecule has 166 valence electrons. The van der Waals surface area contributed by atoms with Crippen molar-refractivity contribution in [2.75, 3.05) is 6.54 Å². The van der Waals surface area contributed by atoms with Gasteiger partial charge in [0.05, 0.1) is 11.8 Å². The average Bonchev–Trinajstić information content (AvgIpc) is 2.68. The lowest BCUT2D eigenvalue weighted by atomic mass is 9.82. The van der Waals surface area contributed by atoms with E-state index in [2.05, 4.69) is 5.43 Å². The van der Waals surface area contributed by atoms with Gasteiger partial charge in [0.15, 0.2) is 0 Å². The van der Waals surface area contributed by atoms with Gasteiger partial charge in [0.2, 0.25) is 17.7 Å². The van der Waals surface area contributed by atoms with Gasteiger partial charge in [-0.15, -0.1) is 0 Å². The third-order valence-corrected chi connectivity index (χ3v) is 4.67. The van der Waals surface area contributed by atoms with Gasteiger partial charge in [0.1, 0.15) is 0 Å². The molecule has 0 spiro atoms. The average molecular weight is 418 g/mol. The van der Waals surface area contributed by atoms with Crippen LogP contribution in [0.3, 0.4) is 0 Å². The summed E-state index contributed by atoms with van der Waals surface area (Å²) in [6, 6.07) is 9.62. The second kappa shape index (κ2) is 12.8. The minimum absolute atomic E-state index is 0.142. The number of hydrogen-bond donors (Lipinski definition) is 3. The number of hydroxylamine groups is 1. The number of carbonyl (C=O) groups is 3. The molecule has 0 aliphatic rings. The Morgan fingerprint density at radius 2 is 1.63 bits per heavy atom. The Labute approximate surface area is 179 Å². The molecular formula is C23H35N3O4. The summed E-state index contributed by atoms with van der Waals surface area (Å²) in [7, 11) is 0. The van der Waals surface area contributed by atoms with Crippen molar-refractivity contribution in [1.29, 1.82) is 0 Å². The summed E-state index contributed by atoms with van der Waals surface area (Å²) in [5, 5.41) is 10.5. The van der Waals surface area contributed by atoms with Gasteiger partial charge in [0, 0.05) is 13.5 Å². The first kappa shape index (κ1) is 25.4. The normalized spacial score (nSPS) is 13.3. The quantitative estimate of drug-likeness (QED) is 0.401. The van der Waals surface area contributed by atoms with Gasteiger partial charge in [0.25, 0.3) is 0 Å². The molecular weight excluding hydrogens is 382 g/mol. The number of amides is 3. The second-order valence-corrected chi connectivity index (χ2v) is 8.37. The van der Waals surface area contributed by atoms with Crippen LogP contribution < -0.4 is 10.9 Å². The van der Waals surface area contributed by atoms with Crippen molar-refractivity contribution in [3.8, 4) is 0 Å². The van der Waals surface area contributed by atoms with E-state index in [4.69, 9.17) is 0 Å². The zero-order valence-electron chi connectivity index (χ0n) is 18.6. The Hall–Kier alpha value is -2.67. The van der Waals surface area contributed by atoms with Crippen molar-refractivity contribution in [2.24, 2.45) is 23.7 Å². The van der Waals surface area contributed by atoms with Gasteiger partial charge >= 0.3 is 0 Å². The van der Waals surface area contributed by atoms with E-state index in [0.29, 0.717) is 13.0 Å². The molecule has 1 aromatic carbocycles. The fourth-order valence-electron chi connectivity index (χ4n) is 3.25. The Kier molecular flexibility index (Phi) is 10.8. The summed E-state index contributed by atoms with van der Waals surface area (Å²) >= 11 is 0. The number of carbonyl (C=O) groups excluding carboxylic acids is 3. The molecule has 0 saturated carbocycles. The summed E-state index contributed by atoms with van der Waals surface area (Å²) in [5.74, 6) is -2.45. The third-order valence-electron chi connectivity index (χ3n) is 4.67. The summed E-state index contributed by atoms with van der Waals surface area (Å²) in [5.41, 5.74) is 5.35. The monoisotopic (exact) mass is 417 g/mol. The molecule has 0 fully saturated rings. The molecule has 0 aliphatic carbocycles. The third kappa shape index (κ3) is 8.78. The predicted octanol–water partition coefficient (Wildman–Crippen LogP) is 3.41. The topological polar surface area (TPSA) is 98.7 Å². The molecule has 0 aromatic heterocycles. The zero-order valence-corrected chi connectivity index (χ0v) is 18.6. The van der Waals surface area contributed by atoms with Crippen molar-refractivity contribution >= 4 is 23.8 Å². The molecule has 0 saturated heterocycles. The number of allylic oxidation sites excluding steroid dienone is 1. The van der Waals surface area contributed by atoms with Crippen molar-refractivity contribution in [1.82, 2.24) is 15.9 Å². The van der Waals surface area contributed by atoms with Gasteiger partial charge in [-0.05, 0) is 30.2 Å². The predicted molar refractivity (Wildman–Crippen MR) is 117 cm³/mol. The standard InChI is InChI=1S/C23H35N3O4/c1-16(2)14-21(22(28)24-26(18(5)27)15-17(3)4)20(23(29)25-30)13-9-12-19-10-7-6-8-11-19/h6-12,16-17,20-21,30H,13-15H2,1-5H3,(H,24,28)(H,25,29)/b12-9+/t20-,21+/m0/s1. The van der Waals surface area contributed by atoms with E-state index in [0.717, 1.165) is 5.56 Å². The van der Waals surface area contributed by atoms with E-state index >= 15 is 0 Å². The van der Waals surface area contributed by atoms with Crippen molar-refractivity contribution < 1.29 is 19.6 Å². The number of rotatable bonds is 10. The molecule has 3 amide bonds. The second-order valence-electron chi connectivity index (χ2n) is 8.37. The van der Waals surface area contributed by atoms with Gasteiger partial charge in [-0.2, -0.15) is 0 Å². The van der Waals surface area contributed by atoms with E-state index in [1.54, 1.807) is 5.48 Å². The molecule has 0 unspecified atom stereocenters. The first-order chi connectivity index (χ1) is 14.1. The molecule has 0 aliphatic heterocycles. The smallest absolute Gasteiger partial charge is 0.247 e. The molecule has 7 heteroatoms. The molecule has 0 radical (unpaired) electrons. The number of benzene rings is 1. The molecule has 30 heavy (non-hydrogen) atoms. The van der Waals surface area contributed by atoms with E-state index in [1.807, 2.05) is 70.2 Å². The minimum Gasteiger partial charge on any atom is -0.289 e. The highest BCUT2D eigenvalue weighted by Gasteiger charge is 2.34. The summed E-state index contributed by atoms with van der Waals surface area (Å²) in [4.78, 5) is 37.4. The minimum atomic E-state index is -0.773. The van der Waals surface area contributed by atoms with Crippen LogP contribution in [0.15, 0.2) is 36.4 Å². The highest BCUT2D eigenvalue weighted by molar-refractivity contribution is 5.88. The number of hydrazine groups is 1. The summed E-state index contributed by atoms with van der Waals surface area (Å²) in [6.07, 6.45) is 4.42. The lowest BCUT2D eigenvalue weighted by Gasteiger charge is -2.30. The van der Waals surface area contributed by atoms with Gasteiger partial charge in [-0.3, -0.25) is 30.0 Å². The highest BCUT2D eigenvalue weighted by Crippen LogP contribution is 2.25. The Morgan fingerprint density at radius 3 is 2.13 bits per heavy atom. The maximum atomic E-state index is 13.1. The van der Waals surface area contributed by atoms with Crippen molar-refractivity contribution in [2.45, 2.75) is 47.5 Å². The molecule has 2 atom stereocenters. The van der Waals surface area contributed by atoms with Crippen LogP contribution in [0.1, 0.15) is 53.0 Å². The molecule has 1 aromatic rings. The largest absolute Gasteiger partial charge is 0.289 e. The Bertz CT molecular complexity index is 716. The first-order valence-electron chi connectivity index (χ1n) is 10.4. The Morgan fingerprint density at radius 1 is 1.00 bits per heavy atom. The first-order valence-corrected chi connectivity index (χ1v) is 10.4. The van der Waals surface area contributed by atoms with E-state index in [-0.39, 0.29) is 24.2 Å². The van der Waals surface area contributed by atoms with Crippen LogP contribution in [0, 0.1) is 23.7 Å². The molecule has 7 nitrogen and oxygen atoms in total. The summed E-state index contributed by atoms with van der Waals surface area (Å²) < 4.78 is 0. The van der Waals surface area contributed by atoms with Crippen LogP contribution in [0.5, 0.6) is 0 Å². The SMILES string of the molecule is CC(=O)N(CC(C)C)NC(=O)[C@H](CC(C)C)[C@H](C/C=C/c1ccccc1)C(=O)NO. The lowest BCUT2D eigenvalue weighted by molar-refractivity contribution is -0.147. The van der Waals surface area contributed by atoms with Crippen LogP contribution in [0.4, 0.5) is 0 Å². The molecule has 1 rings (SSSR count). The molecule has 0 bridgehead atoms. The fourth-order valence-corrected chi connectivity index (χ4v) is 3.25. The van der Waals surface area contributed by atoms with Gasteiger partial charge in [-0.1, -0.05) is 70.2 Å². The van der Waals surface area contributed by atoms with Gasteiger partial charge in [-0.25, -0.2) is 5.48 Å². The number of nitrogens with zero attached hydrogens (tertiary/aromatic N) is 1. The van der Waals surface area contributed by atoms with Crippen molar-refractivity contribution in [3.05, 3.63) is 42.0 Å². The zero-order chi connectivity index (χ0) is 22.7. The van der Waals surface area contributed by atoms with Gasteiger partial charge < -0.3 is 0 Å². The van der Waals surface area contributed by atoms with E-state index < -0.39 is 23.7 Å². The van der Waals surface area contributed by atoms with Crippen LogP contribution in [-0.2, 0) is 14.4 Å². The summed E-state index contributed by atoms with van der Waals surface area (Å²) in [6.45, 7) is 9.59. The number of nitrogens with one attached hydrogen (secondary N) is 2. The van der Waals surface area contributed by atoms with E-state index in [1.165, 1.54) is 11.9 Å². The van der Waals surface area contributed by atoms with Crippen LogP contribution >= 0.6 is 0 Å². The maximum absolute atomic E-state index is 13.1. The van der Waals surface area contributed by atoms with E-state index in [9.17, 15) is 19.6 Å². The lowest BCUT2D eigenvalue weighted by Crippen LogP contribution is -2.51. The maximum Gasteiger partial charge on any atom is 0.247 e. The molecule has 0 heterocycles. The van der Waals surface area contributed by atoms with Crippen molar-refractivity contribution in [3.63, 3.8) is 0 Å². The Balaban J connectivity index is 3.07. The highest BCUT2D eigenvalue weighted by atomic mass is 16.5. The number of hydrogen-bond acceptors (Lipinski definition) is 4. The fraction of sp³-hybridized carbons (Fsp3) is 0.522. The molecule has 3 N–H and O–H groups in total. The van der Waals surface area contributed by atoms with Crippen LogP contribution in [0.2, 0.25) is 0 Å². The van der Waals surface area contributed by atoms with Crippen LogP contribution in [-0.4, -0.2) is 34.5 Å².